The van der Waals surface area contributed by atoms with Crippen molar-refractivity contribution in [2.75, 3.05) is 0 Å². The van der Waals surface area contributed by atoms with Crippen LogP contribution in [0.25, 0.3) is 0 Å². The van der Waals surface area contributed by atoms with Crippen LogP contribution in [0.15, 0.2) is 22.9 Å². The average molecular weight is 313 g/mol. The lowest BCUT2D eigenvalue weighted by atomic mass is 9.98. The van der Waals surface area contributed by atoms with Crippen LogP contribution >= 0.6 is 15.9 Å². The van der Waals surface area contributed by atoms with Crippen molar-refractivity contribution in [3.63, 3.8) is 0 Å². The quantitative estimate of drug-likeness (QED) is 0.689. The summed E-state index contributed by atoms with van der Waals surface area (Å²) in [6.07, 6.45) is 2.82. The first-order valence-electron chi connectivity index (χ1n) is 5.96. The molecule has 0 radical (unpaired) electrons. The average Bonchev–Trinajstić information content (AvgIpc) is 3.05. The molecule has 2 rings (SSSR count). The second-order valence-corrected chi connectivity index (χ2v) is 6.43. The first kappa shape index (κ1) is 13.5. The highest BCUT2D eigenvalue weighted by Gasteiger charge is 2.40. The van der Waals surface area contributed by atoms with Gasteiger partial charge in [-0.25, -0.2) is 9.78 Å². The number of carbonyl (C=O) groups excluding carboxylic acids is 1. The minimum atomic E-state index is -0.476. The molecule has 0 aromatic carbocycles. The highest BCUT2D eigenvalue weighted by atomic mass is 79.9. The summed E-state index contributed by atoms with van der Waals surface area (Å²) in [7, 11) is 0. The number of rotatable bonds is 3. The smallest absolute Gasteiger partial charge is 0.329 e. The number of pyridine rings is 1. The van der Waals surface area contributed by atoms with Gasteiger partial charge in [0.15, 0.2) is 0 Å². The summed E-state index contributed by atoms with van der Waals surface area (Å²) in [6.45, 7) is 5.50. The predicted molar refractivity (Wildman–Crippen MR) is 71.8 cm³/mol. The summed E-state index contributed by atoms with van der Waals surface area (Å²) in [5.41, 5.74) is 3.53. The summed E-state index contributed by atoms with van der Waals surface area (Å²) in [5.74, 6) is 0.153. The van der Waals surface area contributed by atoms with E-state index in [4.69, 9.17) is 4.84 Å². The Morgan fingerprint density at radius 3 is 2.78 bits per heavy atom. The van der Waals surface area contributed by atoms with Crippen molar-refractivity contribution in [3.05, 3.63) is 28.5 Å². The second-order valence-electron chi connectivity index (χ2n) is 5.62. The highest BCUT2D eigenvalue weighted by Crippen LogP contribution is 2.40. The summed E-state index contributed by atoms with van der Waals surface area (Å²) < 4.78 is 0.829. The van der Waals surface area contributed by atoms with E-state index in [1.54, 1.807) is 0 Å². The maximum absolute atomic E-state index is 11.6. The van der Waals surface area contributed by atoms with Crippen molar-refractivity contribution in [1.82, 2.24) is 10.5 Å². The molecule has 0 saturated heterocycles. The molecule has 1 heterocycles. The standard InChI is InChI=1S/C13H17BrN2O2/c1-13(2,3)12(17)18-16-10-6-9(10)8-4-5-11(14)15-7-8/h4-5,7,9-10,16H,6H2,1-3H3. The zero-order valence-electron chi connectivity index (χ0n) is 10.7. The van der Waals surface area contributed by atoms with Crippen molar-refractivity contribution in [3.8, 4) is 0 Å². The van der Waals surface area contributed by atoms with Gasteiger partial charge in [-0.2, -0.15) is 0 Å². The summed E-state index contributed by atoms with van der Waals surface area (Å²) >= 11 is 3.31. The van der Waals surface area contributed by atoms with Crippen LogP contribution in [-0.4, -0.2) is 17.0 Å². The van der Waals surface area contributed by atoms with Crippen molar-refractivity contribution in [1.29, 1.82) is 0 Å². The molecule has 1 aromatic rings. The van der Waals surface area contributed by atoms with E-state index in [2.05, 4.69) is 26.4 Å². The lowest BCUT2D eigenvalue weighted by Gasteiger charge is -2.16. The number of nitrogens with one attached hydrogen (secondary N) is 1. The number of nitrogens with zero attached hydrogens (tertiary/aromatic N) is 1. The van der Waals surface area contributed by atoms with E-state index in [1.807, 2.05) is 39.1 Å². The molecule has 2 atom stereocenters. The van der Waals surface area contributed by atoms with Gasteiger partial charge in [-0.1, -0.05) is 6.07 Å². The van der Waals surface area contributed by atoms with Gasteiger partial charge >= 0.3 is 5.97 Å². The fraction of sp³-hybridized carbons (Fsp3) is 0.538. The van der Waals surface area contributed by atoms with Crippen molar-refractivity contribution < 1.29 is 9.63 Å². The minimum Gasteiger partial charge on any atom is -0.370 e. The summed E-state index contributed by atoms with van der Waals surface area (Å²) in [4.78, 5) is 20.9. The third kappa shape index (κ3) is 3.29. The molecule has 1 fully saturated rings. The molecule has 5 heteroatoms. The van der Waals surface area contributed by atoms with E-state index in [1.165, 1.54) is 5.56 Å². The summed E-state index contributed by atoms with van der Waals surface area (Å²) in [6, 6.07) is 4.17. The van der Waals surface area contributed by atoms with Crippen LogP contribution in [-0.2, 0) is 9.63 Å². The van der Waals surface area contributed by atoms with Gasteiger partial charge in [0, 0.05) is 12.1 Å². The minimum absolute atomic E-state index is 0.208. The molecule has 1 aromatic heterocycles. The Morgan fingerprint density at radius 1 is 1.50 bits per heavy atom. The summed E-state index contributed by atoms with van der Waals surface area (Å²) in [5, 5.41) is 0. The Balaban J connectivity index is 1.82. The second kappa shape index (κ2) is 4.97. The van der Waals surface area contributed by atoms with Gasteiger partial charge in [-0.15, -0.1) is 5.48 Å². The molecular weight excluding hydrogens is 296 g/mol. The van der Waals surface area contributed by atoms with E-state index in [0.717, 1.165) is 11.0 Å². The molecular formula is C13H17BrN2O2. The Morgan fingerprint density at radius 2 is 2.22 bits per heavy atom. The van der Waals surface area contributed by atoms with Gasteiger partial charge < -0.3 is 4.84 Å². The molecule has 0 amide bonds. The molecule has 0 aliphatic heterocycles. The number of hydrogen-bond acceptors (Lipinski definition) is 4. The lowest BCUT2D eigenvalue weighted by molar-refractivity contribution is -0.161. The first-order chi connectivity index (χ1) is 8.38. The van der Waals surface area contributed by atoms with Crippen LogP contribution < -0.4 is 5.48 Å². The number of aromatic nitrogens is 1. The van der Waals surface area contributed by atoms with E-state index in [0.29, 0.717) is 5.92 Å². The Labute approximate surface area is 115 Å². The van der Waals surface area contributed by atoms with Crippen molar-refractivity contribution in [2.24, 2.45) is 5.41 Å². The number of hydrogen-bond donors (Lipinski definition) is 1. The highest BCUT2D eigenvalue weighted by molar-refractivity contribution is 9.10. The van der Waals surface area contributed by atoms with Crippen LogP contribution in [0.5, 0.6) is 0 Å². The molecule has 0 bridgehead atoms. The van der Waals surface area contributed by atoms with E-state index in [-0.39, 0.29) is 12.0 Å². The molecule has 1 saturated carbocycles. The van der Waals surface area contributed by atoms with Crippen LogP contribution in [0.2, 0.25) is 0 Å². The van der Waals surface area contributed by atoms with E-state index >= 15 is 0 Å². The topological polar surface area (TPSA) is 51.2 Å². The molecule has 98 valence electrons. The maximum atomic E-state index is 11.6. The van der Waals surface area contributed by atoms with Gasteiger partial charge in [0.25, 0.3) is 0 Å². The van der Waals surface area contributed by atoms with Crippen molar-refractivity contribution >= 4 is 21.9 Å². The zero-order valence-corrected chi connectivity index (χ0v) is 12.3. The monoisotopic (exact) mass is 312 g/mol. The molecule has 0 spiro atoms. The predicted octanol–water partition coefficient (Wildman–Crippen LogP) is 2.79. The molecule has 1 aliphatic rings. The number of hydroxylamine groups is 1. The fourth-order valence-electron chi connectivity index (χ4n) is 1.58. The van der Waals surface area contributed by atoms with Crippen LogP contribution in [0.4, 0.5) is 0 Å². The van der Waals surface area contributed by atoms with Gasteiger partial charge in [-0.3, -0.25) is 0 Å². The number of halogens is 1. The Bertz CT molecular complexity index is 439. The molecule has 4 nitrogen and oxygen atoms in total. The van der Waals surface area contributed by atoms with Crippen molar-refractivity contribution in [2.45, 2.75) is 39.2 Å². The Kier molecular flexibility index (Phi) is 3.73. The lowest BCUT2D eigenvalue weighted by Crippen LogP contribution is -2.31. The van der Waals surface area contributed by atoms with Gasteiger partial charge in [0.05, 0.1) is 11.5 Å². The third-order valence-corrected chi connectivity index (χ3v) is 3.35. The normalized spacial score (nSPS) is 22.7. The molecule has 2 unspecified atom stereocenters. The SMILES string of the molecule is CC(C)(C)C(=O)ONC1CC1c1ccc(Br)nc1. The van der Waals surface area contributed by atoms with E-state index in [9.17, 15) is 4.79 Å². The molecule has 1 aliphatic carbocycles. The van der Waals surface area contributed by atoms with Gasteiger partial charge in [0.1, 0.15) is 4.60 Å². The largest absolute Gasteiger partial charge is 0.370 e. The zero-order chi connectivity index (χ0) is 13.3. The molecule has 1 N–H and O–H groups in total. The molecule has 18 heavy (non-hydrogen) atoms. The maximum Gasteiger partial charge on any atom is 0.329 e. The third-order valence-electron chi connectivity index (χ3n) is 2.88. The first-order valence-corrected chi connectivity index (χ1v) is 6.75. The van der Waals surface area contributed by atoms with Gasteiger partial charge in [0.2, 0.25) is 0 Å². The Hall–Kier alpha value is -0.940. The van der Waals surface area contributed by atoms with Gasteiger partial charge in [-0.05, 0) is 54.8 Å². The van der Waals surface area contributed by atoms with E-state index < -0.39 is 5.41 Å². The van der Waals surface area contributed by atoms with Crippen LogP contribution in [0, 0.1) is 5.41 Å². The van der Waals surface area contributed by atoms with Crippen LogP contribution in [0.3, 0.4) is 0 Å². The number of carbonyl (C=O) groups is 1. The fourth-order valence-corrected chi connectivity index (χ4v) is 1.82. The van der Waals surface area contributed by atoms with Crippen LogP contribution in [0.1, 0.15) is 38.7 Å².